The minimum atomic E-state index is 0.522. The molecule has 0 amide bonds. The highest BCUT2D eigenvalue weighted by molar-refractivity contribution is 6.42. The van der Waals surface area contributed by atoms with Gasteiger partial charge in [-0.3, -0.25) is 0 Å². The van der Waals surface area contributed by atoms with Gasteiger partial charge in [0.2, 0.25) is 0 Å². The smallest absolute Gasteiger partial charge is 0.0740 e. The van der Waals surface area contributed by atoms with Crippen molar-refractivity contribution in [2.75, 3.05) is 0 Å². The lowest BCUT2D eigenvalue weighted by Gasteiger charge is -2.08. The molecule has 1 aromatic heterocycles. The third kappa shape index (κ3) is 2.37. The number of benzene rings is 2. The van der Waals surface area contributed by atoms with E-state index in [1.165, 1.54) is 0 Å². The molecule has 0 atom stereocenters. The molecule has 0 saturated carbocycles. The zero-order chi connectivity index (χ0) is 13.2. The summed E-state index contributed by atoms with van der Waals surface area (Å²) in [6.45, 7) is 0. The second-order valence-corrected chi connectivity index (χ2v) is 4.91. The molecule has 0 N–H and O–H groups in total. The van der Waals surface area contributed by atoms with E-state index >= 15 is 0 Å². The van der Waals surface area contributed by atoms with Crippen LogP contribution in [0.2, 0.25) is 10.0 Å². The van der Waals surface area contributed by atoms with Gasteiger partial charge in [-0.25, -0.2) is 4.68 Å². The highest BCUT2D eigenvalue weighted by atomic mass is 35.5. The molecule has 4 heteroatoms. The van der Waals surface area contributed by atoms with Crippen LogP contribution in [0.1, 0.15) is 0 Å². The third-order valence-corrected chi connectivity index (χ3v) is 3.60. The Labute approximate surface area is 121 Å². The first-order valence-electron chi connectivity index (χ1n) is 5.80. The largest absolute Gasteiger partial charge is 0.233 e. The molecule has 0 bridgehead atoms. The highest BCUT2D eigenvalue weighted by Gasteiger charge is 2.08. The first kappa shape index (κ1) is 12.3. The van der Waals surface area contributed by atoms with E-state index in [1.807, 2.05) is 53.2 Å². The molecule has 3 rings (SSSR count). The van der Waals surface area contributed by atoms with Crippen molar-refractivity contribution in [1.29, 1.82) is 0 Å². The number of hydrogen-bond donors (Lipinski definition) is 0. The highest BCUT2D eigenvalue weighted by Crippen LogP contribution is 2.27. The SMILES string of the molecule is Clc1ccc(-n2nccc2-c2ccccc2)cc1Cl. The second-order valence-electron chi connectivity index (χ2n) is 4.09. The Morgan fingerprint density at radius 2 is 1.63 bits per heavy atom. The summed E-state index contributed by atoms with van der Waals surface area (Å²) >= 11 is 12.0. The Balaban J connectivity index is 2.12. The molecule has 2 aromatic carbocycles. The average Bonchev–Trinajstić information content (AvgIpc) is 2.92. The molecular formula is C15H10Cl2N2. The predicted molar refractivity (Wildman–Crippen MR) is 79.0 cm³/mol. The summed E-state index contributed by atoms with van der Waals surface area (Å²) in [6, 6.07) is 17.5. The molecule has 0 fully saturated rings. The van der Waals surface area contributed by atoms with Crippen molar-refractivity contribution in [3.63, 3.8) is 0 Å². The number of halogens is 2. The fourth-order valence-electron chi connectivity index (χ4n) is 1.95. The molecule has 0 aliphatic carbocycles. The van der Waals surface area contributed by atoms with E-state index < -0.39 is 0 Å². The monoisotopic (exact) mass is 288 g/mol. The summed E-state index contributed by atoms with van der Waals surface area (Å²) in [5, 5.41) is 5.41. The van der Waals surface area contributed by atoms with E-state index in [9.17, 15) is 0 Å². The molecule has 0 unspecified atom stereocenters. The summed E-state index contributed by atoms with van der Waals surface area (Å²) in [5.74, 6) is 0. The molecule has 0 aliphatic rings. The lowest BCUT2D eigenvalue weighted by atomic mass is 10.1. The quantitative estimate of drug-likeness (QED) is 0.659. The Morgan fingerprint density at radius 3 is 2.37 bits per heavy atom. The Morgan fingerprint density at radius 1 is 0.842 bits per heavy atom. The number of hydrogen-bond acceptors (Lipinski definition) is 1. The first-order valence-corrected chi connectivity index (χ1v) is 6.56. The summed E-state index contributed by atoms with van der Waals surface area (Å²) < 4.78 is 1.84. The van der Waals surface area contributed by atoms with Crippen LogP contribution in [0.15, 0.2) is 60.8 Å². The fraction of sp³-hybridized carbons (Fsp3) is 0. The Hall–Kier alpha value is -1.77. The van der Waals surface area contributed by atoms with Crippen molar-refractivity contribution < 1.29 is 0 Å². The van der Waals surface area contributed by atoms with Crippen molar-refractivity contribution in [1.82, 2.24) is 9.78 Å². The molecule has 1 heterocycles. The van der Waals surface area contributed by atoms with E-state index in [-0.39, 0.29) is 0 Å². The Kier molecular flexibility index (Phi) is 3.28. The molecule has 2 nitrogen and oxygen atoms in total. The predicted octanol–water partition coefficient (Wildman–Crippen LogP) is 4.85. The van der Waals surface area contributed by atoms with Gasteiger partial charge in [-0.05, 0) is 24.3 Å². The molecule has 0 saturated heterocycles. The minimum Gasteiger partial charge on any atom is -0.233 e. The van der Waals surface area contributed by atoms with Gasteiger partial charge in [0.25, 0.3) is 0 Å². The van der Waals surface area contributed by atoms with Gasteiger partial charge in [-0.15, -0.1) is 0 Å². The van der Waals surface area contributed by atoms with Crippen LogP contribution in [0.3, 0.4) is 0 Å². The van der Waals surface area contributed by atoms with Gasteiger partial charge in [-0.1, -0.05) is 53.5 Å². The lowest BCUT2D eigenvalue weighted by Crippen LogP contribution is -1.98. The van der Waals surface area contributed by atoms with Crippen molar-refractivity contribution in [3.8, 4) is 16.9 Å². The standard InChI is InChI=1S/C15H10Cl2N2/c16-13-7-6-12(10-14(13)17)19-15(8-9-18-19)11-4-2-1-3-5-11/h1-10H. The zero-order valence-electron chi connectivity index (χ0n) is 9.92. The molecule has 19 heavy (non-hydrogen) atoms. The van der Waals surface area contributed by atoms with Crippen LogP contribution < -0.4 is 0 Å². The first-order chi connectivity index (χ1) is 9.25. The normalized spacial score (nSPS) is 10.6. The maximum Gasteiger partial charge on any atom is 0.0740 e. The van der Waals surface area contributed by atoms with Gasteiger partial charge in [-0.2, -0.15) is 5.10 Å². The van der Waals surface area contributed by atoms with Crippen molar-refractivity contribution in [3.05, 3.63) is 70.8 Å². The van der Waals surface area contributed by atoms with Gasteiger partial charge in [0, 0.05) is 5.56 Å². The van der Waals surface area contributed by atoms with Crippen LogP contribution in [0.4, 0.5) is 0 Å². The van der Waals surface area contributed by atoms with Crippen LogP contribution in [-0.4, -0.2) is 9.78 Å². The van der Waals surface area contributed by atoms with Crippen molar-refractivity contribution in [2.45, 2.75) is 0 Å². The van der Waals surface area contributed by atoms with E-state index in [0.717, 1.165) is 16.9 Å². The number of rotatable bonds is 2. The Bertz CT molecular complexity index is 705. The maximum absolute atomic E-state index is 6.06. The van der Waals surface area contributed by atoms with E-state index in [4.69, 9.17) is 23.2 Å². The van der Waals surface area contributed by atoms with Gasteiger partial charge in [0.15, 0.2) is 0 Å². The van der Waals surface area contributed by atoms with Crippen LogP contribution in [0.25, 0.3) is 16.9 Å². The van der Waals surface area contributed by atoms with E-state index in [1.54, 1.807) is 12.3 Å². The van der Waals surface area contributed by atoms with Crippen molar-refractivity contribution >= 4 is 23.2 Å². The molecular weight excluding hydrogens is 279 g/mol. The topological polar surface area (TPSA) is 17.8 Å². The van der Waals surface area contributed by atoms with E-state index in [0.29, 0.717) is 10.0 Å². The second kappa shape index (κ2) is 5.08. The lowest BCUT2D eigenvalue weighted by molar-refractivity contribution is 0.888. The summed E-state index contributed by atoms with van der Waals surface area (Å²) in [5.41, 5.74) is 3.00. The molecule has 94 valence electrons. The molecule has 0 radical (unpaired) electrons. The van der Waals surface area contributed by atoms with Crippen LogP contribution >= 0.6 is 23.2 Å². The number of aromatic nitrogens is 2. The average molecular weight is 289 g/mol. The molecule has 3 aromatic rings. The van der Waals surface area contributed by atoms with Gasteiger partial charge >= 0.3 is 0 Å². The maximum atomic E-state index is 6.06. The summed E-state index contributed by atoms with van der Waals surface area (Å²) in [6.07, 6.45) is 1.77. The molecule has 0 spiro atoms. The van der Waals surface area contributed by atoms with Gasteiger partial charge < -0.3 is 0 Å². The molecule has 0 aliphatic heterocycles. The zero-order valence-corrected chi connectivity index (χ0v) is 11.4. The summed E-state index contributed by atoms with van der Waals surface area (Å²) in [7, 11) is 0. The van der Waals surface area contributed by atoms with Crippen molar-refractivity contribution in [2.24, 2.45) is 0 Å². The van der Waals surface area contributed by atoms with Crippen LogP contribution in [0, 0.1) is 0 Å². The van der Waals surface area contributed by atoms with Crippen LogP contribution in [0.5, 0.6) is 0 Å². The fourth-order valence-corrected chi connectivity index (χ4v) is 2.25. The minimum absolute atomic E-state index is 0.522. The van der Waals surface area contributed by atoms with Gasteiger partial charge in [0.05, 0.1) is 27.6 Å². The van der Waals surface area contributed by atoms with Crippen LogP contribution in [-0.2, 0) is 0 Å². The third-order valence-electron chi connectivity index (χ3n) is 2.86. The summed E-state index contributed by atoms with van der Waals surface area (Å²) in [4.78, 5) is 0. The van der Waals surface area contributed by atoms with E-state index in [2.05, 4.69) is 5.10 Å². The van der Waals surface area contributed by atoms with Gasteiger partial charge in [0.1, 0.15) is 0 Å². The number of nitrogens with zero attached hydrogens (tertiary/aromatic N) is 2.